The van der Waals surface area contributed by atoms with E-state index in [0.29, 0.717) is 23.7 Å². The van der Waals surface area contributed by atoms with E-state index < -0.39 is 0 Å². The highest BCUT2D eigenvalue weighted by molar-refractivity contribution is 7.94. The lowest BCUT2D eigenvalue weighted by molar-refractivity contribution is -0.117. The molecular formula is C25H25FN4O2S. The second-order valence-electron chi connectivity index (χ2n) is 7.75. The van der Waals surface area contributed by atoms with Gasteiger partial charge >= 0.3 is 0 Å². The van der Waals surface area contributed by atoms with Gasteiger partial charge in [-0.1, -0.05) is 18.2 Å². The van der Waals surface area contributed by atoms with Crippen LogP contribution in [0.1, 0.15) is 17.0 Å². The van der Waals surface area contributed by atoms with Crippen LogP contribution in [0.2, 0.25) is 0 Å². The number of carbonyl (C=O) groups excluding carboxylic acids is 1. The van der Waals surface area contributed by atoms with Crippen molar-refractivity contribution >= 4 is 29.4 Å². The molecule has 170 valence electrons. The Balaban J connectivity index is 1.71. The van der Waals surface area contributed by atoms with E-state index in [2.05, 4.69) is 0 Å². The van der Waals surface area contributed by atoms with Crippen molar-refractivity contribution in [3.8, 4) is 17.0 Å². The molecule has 0 radical (unpaired) electrons. The number of hydrogen-bond donors (Lipinski definition) is 0. The number of likely N-dealkylation sites (N-methyl/N-ethyl adjacent to an activating group) is 1. The molecule has 4 aromatic rings. The third-order valence-corrected chi connectivity index (χ3v) is 5.71. The van der Waals surface area contributed by atoms with Gasteiger partial charge in [0.05, 0.1) is 24.5 Å². The Bertz CT molecular complexity index is 1260. The van der Waals surface area contributed by atoms with Crippen LogP contribution < -0.4 is 9.64 Å². The van der Waals surface area contributed by atoms with Crippen molar-refractivity contribution in [2.45, 2.75) is 20.3 Å². The lowest BCUT2D eigenvalue weighted by Crippen LogP contribution is -2.28. The second-order valence-corrected chi connectivity index (χ2v) is 8.38. The number of hydrogen-bond acceptors (Lipinski definition) is 5. The number of carbonyl (C=O) groups is 1. The number of ether oxygens (including phenoxy) is 1. The van der Waals surface area contributed by atoms with Crippen molar-refractivity contribution in [3.05, 3.63) is 77.6 Å². The number of nitrogens with zero attached hydrogens (tertiary/aromatic N) is 4. The van der Waals surface area contributed by atoms with Crippen LogP contribution in [0.15, 0.2) is 60.7 Å². The molecule has 4 rings (SSSR count). The molecule has 6 nitrogen and oxygen atoms in total. The fraction of sp³-hybridized carbons (Fsp3) is 0.240. The van der Waals surface area contributed by atoms with Crippen LogP contribution in [0.4, 0.5) is 9.57 Å². The first kappa shape index (κ1) is 22.8. The van der Waals surface area contributed by atoms with Crippen LogP contribution in [0.3, 0.4) is 0 Å². The van der Waals surface area contributed by atoms with Crippen LogP contribution >= 0.6 is 12.1 Å². The molecule has 2 aromatic heterocycles. The van der Waals surface area contributed by atoms with E-state index in [0.717, 1.165) is 28.2 Å². The Hall–Kier alpha value is -3.39. The van der Waals surface area contributed by atoms with E-state index in [1.165, 1.54) is 0 Å². The highest BCUT2D eigenvalue weighted by atomic mass is 32.2. The number of halogens is 1. The van der Waals surface area contributed by atoms with Crippen LogP contribution in [0, 0.1) is 13.8 Å². The maximum absolute atomic E-state index is 13.2. The minimum absolute atomic E-state index is 0.0537. The summed E-state index contributed by atoms with van der Waals surface area (Å²) in [4.78, 5) is 19.6. The van der Waals surface area contributed by atoms with Gasteiger partial charge in [-0.25, -0.2) is 9.50 Å². The first-order valence-electron chi connectivity index (χ1n) is 10.6. The molecular weight excluding hydrogens is 439 g/mol. The van der Waals surface area contributed by atoms with Gasteiger partial charge in [-0.2, -0.15) is 8.98 Å². The van der Waals surface area contributed by atoms with E-state index in [-0.39, 0.29) is 30.2 Å². The molecule has 0 aliphatic carbocycles. The van der Waals surface area contributed by atoms with Gasteiger partial charge in [0.15, 0.2) is 5.65 Å². The molecule has 0 saturated heterocycles. The van der Waals surface area contributed by atoms with Crippen LogP contribution in [0.25, 0.3) is 16.9 Å². The van der Waals surface area contributed by atoms with Gasteiger partial charge in [0.25, 0.3) is 0 Å². The lowest BCUT2D eigenvalue weighted by atomic mass is 10.0. The van der Waals surface area contributed by atoms with E-state index >= 15 is 0 Å². The van der Waals surface area contributed by atoms with Crippen molar-refractivity contribution in [3.63, 3.8) is 0 Å². The maximum Gasteiger partial charge on any atom is 0.231 e. The molecule has 0 aliphatic heterocycles. The molecule has 0 fully saturated rings. The van der Waals surface area contributed by atoms with Crippen molar-refractivity contribution in [1.29, 1.82) is 0 Å². The smallest absolute Gasteiger partial charge is 0.231 e. The first-order chi connectivity index (χ1) is 16.0. The number of benzene rings is 2. The summed E-state index contributed by atoms with van der Waals surface area (Å²) in [6, 6.07) is 19.0. The Kier molecular flexibility index (Phi) is 6.93. The third kappa shape index (κ3) is 5.01. The summed E-state index contributed by atoms with van der Waals surface area (Å²) in [5.41, 5.74) is 5.65. The van der Waals surface area contributed by atoms with Crippen LogP contribution in [-0.4, -0.2) is 39.9 Å². The highest BCUT2D eigenvalue weighted by Crippen LogP contribution is 2.29. The SMILES string of the molecule is Cc1cc(C)n2nc(-c3ccc(OCCSF)cc3)c(CC(=O)N(C)c3ccccc3)c2n1. The quantitative estimate of drug-likeness (QED) is 0.335. The maximum atomic E-state index is 13.2. The summed E-state index contributed by atoms with van der Waals surface area (Å²) >= 11 is 0.253. The standard InChI is InChI=1S/C25H25FN4O2S/c1-17-15-18(2)30-25(27-17)22(16-23(31)29(3)20-7-5-4-6-8-20)24(28-30)19-9-11-21(12-10-19)32-13-14-33-26/h4-12,15H,13-14,16H2,1-3H3. The Morgan fingerprint density at radius 1 is 1.12 bits per heavy atom. The first-order valence-corrected chi connectivity index (χ1v) is 11.5. The molecule has 2 aromatic carbocycles. The summed E-state index contributed by atoms with van der Waals surface area (Å²) in [5.74, 6) is 0.879. The number of rotatable bonds is 8. The van der Waals surface area contributed by atoms with E-state index in [9.17, 15) is 8.68 Å². The van der Waals surface area contributed by atoms with Gasteiger partial charge in [-0.15, -0.1) is 0 Å². The number of amides is 1. The predicted octanol–water partition coefficient (Wildman–Crippen LogP) is 5.22. The summed E-state index contributed by atoms with van der Waals surface area (Å²) in [6.07, 6.45) is 0.159. The Morgan fingerprint density at radius 3 is 2.55 bits per heavy atom. The Labute approximate surface area is 196 Å². The average Bonchev–Trinajstić information content (AvgIpc) is 3.18. The van der Waals surface area contributed by atoms with Gasteiger partial charge in [0, 0.05) is 47.4 Å². The molecule has 0 aliphatic rings. The van der Waals surface area contributed by atoms with E-state index in [4.69, 9.17) is 14.8 Å². The summed E-state index contributed by atoms with van der Waals surface area (Å²) < 4.78 is 19.6. The molecule has 0 N–H and O–H groups in total. The minimum atomic E-state index is -0.0537. The van der Waals surface area contributed by atoms with Gasteiger partial charge in [-0.3, -0.25) is 4.79 Å². The molecule has 0 unspecified atom stereocenters. The van der Waals surface area contributed by atoms with Crippen molar-refractivity contribution < 1.29 is 13.4 Å². The van der Waals surface area contributed by atoms with Crippen LogP contribution in [-0.2, 0) is 11.2 Å². The third-order valence-electron chi connectivity index (χ3n) is 5.39. The molecule has 0 bridgehead atoms. The topological polar surface area (TPSA) is 59.7 Å². The number of aryl methyl sites for hydroxylation is 2. The summed E-state index contributed by atoms with van der Waals surface area (Å²) in [6.45, 7) is 4.20. The normalized spacial score (nSPS) is 11.0. The zero-order chi connectivity index (χ0) is 23.4. The second kappa shape index (κ2) is 10.0. The summed E-state index contributed by atoms with van der Waals surface area (Å²) in [5, 5.41) is 4.80. The van der Waals surface area contributed by atoms with Gasteiger partial charge in [0.2, 0.25) is 5.91 Å². The molecule has 8 heteroatoms. The van der Waals surface area contributed by atoms with Gasteiger partial charge in [0.1, 0.15) is 5.75 Å². The van der Waals surface area contributed by atoms with Crippen LogP contribution in [0.5, 0.6) is 5.75 Å². The zero-order valence-corrected chi connectivity index (χ0v) is 19.6. The van der Waals surface area contributed by atoms with Gasteiger partial charge < -0.3 is 9.64 Å². The number of para-hydroxylation sites is 1. The molecule has 0 atom stereocenters. The highest BCUT2D eigenvalue weighted by Gasteiger charge is 2.22. The van der Waals surface area contributed by atoms with E-state index in [1.807, 2.05) is 74.5 Å². The molecule has 1 amide bonds. The molecule has 33 heavy (non-hydrogen) atoms. The lowest BCUT2D eigenvalue weighted by Gasteiger charge is -2.17. The van der Waals surface area contributed by atoms with Gasteiger partial charge in [-0.05, 0) is 56.3 Å². The fourth-order valence-corrected chi connectivity index (χ4v) is 3.87. The van der Waals surface area contributed by atoms with Crippen molar-refractivity contribution in [2.75, 3.05) is 24.3 Å². The molecule has 2 heterocycles. The number of aromatic nitrogens is 3. The van der Waals surface area contributed by atoms with E-state index in [1.54, 1.807) is 16.5 Å². The summed E-state index contributed by atoms with van der Waals surface area (Å²) in [7, 11) is 1.77. The predicted molar refractivity (Wildman–Crippen MR) is 131 cm³/mol. The van der Waals surface area contributed by atoms with Crippen molar-refractivity contribution in [1.82, 2.24) is 14.6 Å². The molecule has 0 spiro atoms. The molecule has 0 saturated carbocycles. The monoisotopic (exact) mass is 464 g/mol. The zero-order valence-electron chi connectivity index (χ0n) is 18.8. The fourth-order valence-electron chi connectivity index (χ4n) is 3.73. The number of anilines is 1. The largest absolute Gasteiger partial charge is 0.493 e. The minimum Gasteiger partial charge on any atom is -0.493 e. The number of fused-ring (bicyclic) bond motifs is 1. The average molecular weight is 465 g/mol. The van der Waals surface area contributed by atoms with Crippen molar-refractivity contribution in [2.24, 2.45) is 0 Å². The Morgan fingerprint density at radius 2 is 1.85 bits per heavy atom.